The highest BCUT2D eigenvalue weighted by atomic mass is 16.5. The number of benzene rings is 1. The lowest BCUT2D eigenvalue weighted by atomic mass is 9.83. The van der Waals surface area contributed by atoms with E-state index in [2.05, 4.69) is 39.5 Å². The summed E-state index contributed by atoms with van der Waals surface area (Å²) in [5.41, 5.74) is 3.05. The summed E-state index contributed by atoms with van der Waals surface area (Å²) in [5.74, 6) is 1.63. The molecule has 1 fully saturated rings. The van der Waals surface area contributed by atoms with E-state index in [0.29, 0.717) is 12.0 Å². The molecule has 5 nitrogen and oxygen atoms in total. The molecule has 1 aromatic carbocycles. The summed E-state index contributed by atoms with van der Waals surface area (Å²) in [6, 6.07) is 8.92. The van der Waals surface area contributed by atoms with Crippen LogP contribution < -0.4 is 5.32 Å². The lowest BCUT2D eigenvalue weighted by molar-refractivity contribution is 0.00990. The Kier molecular flexibility index (Phi) is 7.96. The Balaban J connectivity index is 1.44. The highest BCUT2D eigenvalue weighted by Crippen LogP contribution is 2.30. The first-order valence-electron chi connectivity index (χ1n) is 10.5. The molecule has 0 bridgehead atoms. The largest absolute Gasteiger partial charge is 0.385 e. The van der Waals surface area contributed by atoms with E-state index in [-0.39, 0.29) is 0 Å². The fourth-order valence-electron chi connectivity index (χ4n) is 4.30. The smallest absolute Gasteiger partial charge is 0.193 e. The van der Waals surface area contributed by atoms with E-state index in [0.717, 1.165) is 58.1 Å². The normalized spacial score (nSPS) is 21.2. The van der Waals surface area contributed by atoms with E-state index in [9.17, 15) is 0 Å². The number of aryl methyl sites for hydroxylation is 1. The van der Waals surface area contributed by atoms with Gasteiger partial charge < -0.3 is 19.7 Å². The molecule has 1 aliphatic heterocycles. The third kappa shape index (κ3) is 5.69. The van der Waals surface area contributed by atoms with E-state index >= 15 is 0 Å². The van der Waals surface area contributed by atoms with Gasteiger partial charge in [-0.1, -0.05) is 24.3 Å². The van der Waals surface area contributed by atoms with Crippen molar-refractivity contribution in [3.63, 3.8) is 0 Å². The van der Waals surface area contributed by atoms with Crippen molar-refractivity contribution < 1.29 is 9.47 Å². The highest BCUT2D eigenvalue weighted by molar-refractivity contribution is 5.80. The van der Waals surface area contributed by atoms with E-state index in [1.165, 1.54) is 30.4 Å². The molecule has 27 heavy (non-hydrogen) atoms. The Hall–Kier alpha value is -1.59. The second-order valence-electron chi connectivity index (χ2n) is 7.62. The lowest BCUT2D eigenvalue weighted by Crippen LogP contribution is -2.48. The van der Waals surface area contributed by atoms with Crippen molar-refractivity contribution in [3.05, 3.63) is 35.4 Å². The minimum atomic E-state index is 0.376. The van der Waals surface area contributed by atoms with E-state index in [4.69, 9.17) is 9.47 Å². The van der Waals surface area contributed by atoms with Crippen molar-refractivity contribution in [1.29, 1.82) is 0 Å². The summed E-state index contributed by atoms with van der Waals surface area (Å²) in [6.07, 6.45) is 7.26. The van der Waals surface area contributed by atoms with Gasteiger partial charge in [-0.2, -0.15) is 0 Å². The van der Waals surface area contributed by atoms with E-state index in [1.54, 1.807) is 7.11 Å². The van der Waals surface area contributed by atoms with Gasteiger partial charge in [0.2, 0.25) is 0 Å². The molecule has 1 atom stereocenters. The first kappa shape index (κ1) is 20.2. The molecule has 1 N–H and O–H groups in total. The second-order valence-corrected chi connectivity index (χ2v) is 7.62. The summed E-state index contributed by atoms with van der Waals surface area (Å²) < 4.78 is 11.1. The summed E-state index contributed by atoms with van der Waals surface area (Å²) in [4.78, 5) is 6.92. The van der Waals surface area contributed by atoms with Gasteiger partial charge in [0.25, 0.3) is 0 Å². The number of ether oxygens (including phenoxy) is 2. The predicted molar refractivity (Wildman–Crippen MR) is 111 cm³/mol. The van der Waals surface area contributed by atoms with Gasteiger partial charge in [-0.05, 0) is 49.7 Å². The van der Waals surface area contributed by atoms with Crippen LogP contribution in [0.25, 0.3) is 0 Å². The standard InChI is InChI=1S/C22H35N3O2/c1-23-22(25-13-11-20(12-14-25)27-16-6-15-26-2)24-17-19-9-5-8-18-7-3-4-10-21(18)19/h3-4,7,10,19-20H,5-6,8-9,11-17H2,1-2H3,(H,23,24). The van der Waals surface area contributed by atoms with Crippen LogP contribution in [0.15, 0.2) is 29.3 Å². The molecule has 0 saturated carbocycles. The van der Waals surface area contributed by atoms with Crippen LogP contribution in [-0.2, 0) is 15.9 Å². The monoisotopic (exact) mass is 373 g/mol. The van der Waals surface area contributed by atoms with Crippen molar-refractivity contribution in [3.8, 4) is 0 Å². The summed E-state index contributed by atoms with van der Waals surface area (Å²) in [5, 5.41) is 3.64. The fraction of sp³-hybridized carbons (Fsp3) is 0.682. The number of methoxy groups -OCH3 is 1. The predicted octanol–water partition coefficient (Wildman–Crippen LogP) is 3.20. The Morgan fingerprint density at radius 1 is 1.19 bits per heavy atom. The average molecular weight is 374 g/mol. The summed E-state index contributed by atoms with van der Waals surface area (Å²) >= 11 is 0. The molecule has 1 heterocycles. The zero-order valence-electron chi connectivity index (χ0n) is 17.0. The van der Waals surface area contributed by atoms with Gasteiger partial charge in [0.05, 0.1) is 6.10 Å². The summed E-state index contributed by atoms with van der Waals surface area (Å²) in [6.45, 7) is 4.56. The number of fused-ring (bicyclic) bond motifs is 1. The van der Waals surface area contributed by atoms with Crippen LogP contribution in [0.4, 0.5) is 0 Å². The Morgan fingerprint density at radius 3 is 2.78 bits per heavy atom. The second kappa shape index (κ2) is 10.7. The number of rotatable bonds is 7. The molecule has 3 rings (SSSR count). The number of hydrogen-bond donors (Lipinski definition) is 1. The van der Waals surface area contributed by atoms with Crippen LogP contribution >= 0.6 is 0 Å². The SMILES string of the molecule is CN=C(NCC1CCCc2ccccc21)N1CCC(OCCCOC)CC1. The molecular weight excluding hydrogens is 338 g/mol. The first-order chi connectivity index (χ1) is 13.3. The molecule has 2 aliphatic rings. The Bertz CT molecular complexity index is 597. The van der Waals surface area contributed by atoms with Crippen LogP contribution in [0.5, 0.6) is 0 Å². The number of nitrogens with zero attached hydrogens (tertiary/aromatic N) is 2. The maximum Gasteiger partial charge on any atom is 0.193 e. The van der Waals surface area contributed by atoms with Crippen molar-refractivity contribution >= 4 is 5.96 Å². The molecule has 150 valence electrons. The molecule has 0 spiro atoms. The molecule has 1 unspecified atom stereocenters. The van der Waals surface area contributed by atoms with Crippen molar-refractivity contribution in [2.45, 2.75) is 50.5 Å². The van der Waals surface area contributed by atoms with Crippen molar-refractivity contribution in [1.82, 2.24) is 10.2 Å². The van der Waals surface area contributed by atoms with Crippen LogP contribution in [0.3, 0.4) is 0 Å². The number of hydrogen-bond acceptors (Lipinski definition) is 3. The van der Waals surface area contributed by atoms with Crippen LogP contribution in [-0.4, -0.2) is 64.0 Å². The van der Waals surface area contributed by atoms with Crippen LogP contribution in [0.1, 0.15) is 49.1 Å². The van der Waals surface area contributed by atoms with Gasteiger partial charge in [0.1, 0.15) is 0 Å². The van der Waals surface area contributed by atoms with Gasteiger partial charge in [-0.3, -0.25) is 4.99 Å². The van der Waals surface area contributed by atoms with Gasteiger partial charge in [0.15, 0.2) is 5.96 Å². The van der Waals surface area contributed by atoms with Gasteiger partial charge in [-0.15, -0.1) is 0 Å². The molecule has 0 amide bonds. The Morgan fingerprint density at radius 2 is 2.00 bits per heavy atom. The zero-order valence-corrected chi connectivity index (χ0v) is 17.0. The van der Waals surface area contributed by atoms with Gasteiger partial charge in [0, 0.05) is 52.9 Å². The van der Waals surface area contributed by atoms with Crippen molar-refractivity contribution in [2.75, 3.05) is 47.0 Å². The number of piperidine rings is 1. The van der Waals surface area contributed by atoms with E-state index in [1.807, 2.05) is 7.05 Å². The summed E-state index contributed by atoms with van der Waals surface area (Å²) in [7, 11) is 3.63. The number of aliphatic imine (C=N–C) groups is 1. The minimum absolute atomic E-state index is 0.376. The average Bonchev–Trinajstić information content (AvgIpc) is 2.73. The maximum absolute atomic E-state index is 5.97. The molecule has 0 aromatic heterocycles. The molecular formula is C22H35N3O2. The van der Waals surface area contributed by atoms with E-state index < -0.39 is 0 Å². The quantitative estimate of drug-likeness (QED) is 0.453. The topological polar surface area (TPSA) is 46.1 Å². The third-order valence-corrected chi connectivity index (χ3v) is 5.80. The maximum atomic E-state index is 5.97. The number of guanidine groups is 1. The zero-order chi connectivity index (χ0) is 18.9. The molecule has 1 aliphatic carbocycles. The number of nitrogens with one attached hydrogen (secondary N) is 1. The Labute approximate surface area is 164 Å². The van der Waals surface area contributed by atoms with Crippen LogP contribution in [0, 0.1) is 0 Å². The van der Waals surface area contributed by atoms with Crippen LogP contribution in [0.2, 0.25) is 0 Å². The van der Waals surface area contributed by atoms with Gasteiger partial charge >= 0.3 is 0 Å². The van der Waals surface area contributed by atoms with Crippen molar-refractivity contribution in [2.24, 2.45) is 4.99 Å². The molecule has 1 saturated heterocycles. The lowest BCUT2D eigenvalue weighted by Gasteiger charge is -2.35. The highest BCUT2D eigenvalue weighted by Gasteiger charge is 2.24. The molecule has 1 aromatic rings. The molecule has 0 radical (unpaired) electrons. The minimum Gasteiger partial charge on any atom is -0.385 e. The van der Waals surface area contributed by atoms with Gasteiger partial charge in [-0.25, -0.2) is 0 Å². The molecule has 5 heteroatoms. The third-order valence-electron chi connectivity index (χ3n) is 5.80. The fourth-order valence-corrected chi connectivity index (χ4v) is 4.30. The number of likely N-dealkylation sites (tertiary alicyclic amines) is 1. The first-order valence-corrected chi connectivity index (χ1v) is 10.5.